The molecule has 1 atom stereocenters. The molecule has 1 aliphatic heterocycles. The van der Waals surface area contributed by atoms with Crippen molar-refractivity contribution in [1.82, 2.24) is 0 Å². The summed E-state index contributed by atoms with van der Waals surface area (Å²) < 4.78 is 16.4. The minimum Gasteiger partial charge on any atom is -0.491 e. The summed E-state index contributed by atoms with van der Waals surface area (Å²) in [5.41, 5.74) is 2.49. The number of aliphatic hydroxyl groups is 1. The summed E-state index contributed by atoms with van der Waals surface area (Å²) in [5, 5.41) is 9.96. The predicted molar refractivity (Wildman–Crippen MR) is 84.6 cm³/mol. The van der Waals surface area contributed by atoms with Crippen molar-refractivity contribution in [3.63, 3.8) is 0 Å². The molecule has 5 nitrogen and oxygen atoms in total. The Labute approximate surface area is 132 Å². The lowest BCUT2D eigenvalue weighted by atomic mass is 10.1. The molecular formula is C17H28NO4+. The van der Waals surface area contributed by atoms with Crippen LogP contribution in [0.25, 0.3) is 0 Å². The number of benzene rings is 1. The lowest BCUT2D eigenvalue weighted by molar-refractivity contribution is -0.911. The predicted octanol–water partition coefficient (Wildman–Crippen LogP) is -0.0252. The van der Waals surface area contributed by atoms with Crippen LogP contribution in [-0.4, -0.2) is 63.9 Å². The second-order valence-corrected chi connectivity index (χ2v) is 5.89. The highest BCUT2D eigenvalue weighted by Crippen LogP contribution is 2.16. The lowest BCUT2D eigenvalue weighted by Crippen LogP contribution is -3.15. The molecule has 1 heterocycles. The molecule has 0 radical (unpaired) electrons. The van der Waals surface area contributed by atoms with Gasteiger partial charge in [0.05, 0.1) is 26.4 Å². The summed E-state index contributed by atoms with van der Waals surface area (Å²) in [6.45, 7) is 9.73. The molecule has 5 heteroatoms. The fraction of sp³-hybridized carbons (Fsp3) is 0.647. The van der Waals surface area contributed by atoms with Crippen LogP contribution in [0.4, 0.5) is 0 Å². The zero-order chi connectivity index (χ0) is 15.8. The molecule has 1 fully saturated rings. The monoisotopic (exact) mass is 310 g/mol. The van der Waals surface area contributed by atoms with E-state index in [2.05, 4.69) is 19.9 Å². The molecule has 2 rings (SSSR count). The Morgan fingerprint density at radius 1 is 1.18 bits per heavy atom. The number of hydrogen-bond acceptors (Lipinski definition) is 4. The SMILES string of the molecule is Cc1ccc(OCCOC[C@H](O)C[NH+]2CCOCC2)cc1C. The Kier molecular flexibility index (Phi) is 7.12. The van der Waals surface area contributed by atoms with Crippen LogP contribution >= 0.6 is 0 Å². The molecule has 0 bridgehead atoms. The number of aryl methyl sites for hydroxylation is 2. The second-order valence-electron chi connectivity index (χ2n) is 5.89. The van der Waals surface area contributed by atoms with Crippen molar-refractivity contribution in [2.24, 2.45) is 0 Å². The fourth-order valence-corrected chi connectivity index (χ4v) is 2.50. The van der Waals surface area contributed by atoms with Gasteiger partial charge in [-0.15, -0.1) is 0 Å². The van der Waals surface area contributed by atoms with Gasteiger partial charge in [0.1, 0.15) is 38.1 Å². The fourth-order valence-electron chi connectivity index (χ4n) is 2.50. The van der Waals surface area contributed by atoms with Crippen molar-refractivity contribution in [1.29, 1.82) is 0 Å². The summed E-state index contributed by atoms with van der Waals surface area (Å²) in [7, 11) is 0. The van der Waals surface area contributed by atoms with E-state index in [0.717, 1.165) is 38.6 Å². The van der Waals surface area contributed by atoms with Crippen LogP contribution in [0.2, 0.25) is 0 Å². The van der Waals surface area contributed by atoms with Gasteiger partial charge in [-0.1, -0.05) is 6.07 Å². The van der Waals surface area contributed by atoms with Gasteiger partial charge in [0.15, 0.2) is 0 Å². The van der Waals surface area contributed by atoms with Gasteiger partial charge in [-0.2, -0.15) is 0 Å². The van der Waals surface area contributed by atoms with Crippen molar-refractivity contribution in [2.75, 3.05) is 52.7 Å². The molecular weight excluding hydrogens is 282 g/mol. The van der Waals surface area contributed by atoms with Crippen molar-refractivity contribution < 1.29 is 24.2 Å². The normalized spacial score (nSPS) is 17.4. The van der Waals surface area contributed by atoms with Crippen LogP contribution in [0.5, 0.6) is 5.75 Å². The van der Waals surface area contributed by atoms with E-state index in [-0.39, 0.29) is 0 Å². The van der Waals surface area contributed by atoms with E-state index in [4.69, 9.17) is 14.2 Å². The Bertz CT molecular complexity index is 446. The van der Waals surface area contributed by atoms with Crippen LogP contribution < -0.4 is 9.64 Å². The highest BCUT2D eigenvalue weighted by molar-refractivity contribution is 5.33. The first-order chi connectivity index (χ1) is 10.6. The Hall–Kier alpha value is -1.14. The molecule has 124 valence electrons. The summed E-state index contributed by atoms with van der Waals surface area (Å²) in [4.78, 5) is 1.38. The van der Waals surface area contributed by atoms with E-state index in [9.17, 15) is 5.11 Å². The number of morpholine rings is 1. The molecule has 1 aromatic carbocycles. The largest absolute Gasteiger partial charge is 0.491 e. The van der Waals surface area contributed by atoms with Crippen LogP contribution in [0.1, 0.15) is 11.1 Å². The highest BCUT2D eigenvalue weighted by atomic mass is 16.5. The maximum Gasteiger partial charge on any atom is 0.126 e. The minimum atomic E-state index is -0.422. The van der Waals surface area contributed by atoms with Crippen molar-refractivity contribution in [2.45, 2.75) is 20.0 Å². The van der Waals surface area contributed by atoms with Gasteiger partial charge in [-0.25, -0.2) is 0 Å². The summed E-state index contributed by atoms with van der Waals surface area (Å²) in [6.07, 6.45) is -0.422. The quantitative estimate of drug-likeness (QED) is 0.663. The van der Waals surface area contributed by atoms with Gasteiger partial charge in [0.2, 0.25) is 0 Å². The van der Waals surface area contributed by atoms with E-state index in [1.807, 2.05) is 12.1 Å². The molecule has 0 saturated carbocycles. The number of rotatable bonds is 8. The summed E-state index contributed by atoms with van der Waals surface area (Å²) in [6, 6.07) is 6.06. The second kappa shape index (κ2) is 9.10. The molecule has 22 heavy (non-hydrogen) atoms. The molecule has 0 spiro atoms. The zero-order valence-electron chi connectivity index (χ0n) is 13.6. The molecule has 0 unspecified atom stereocenters. The van der Waals surface area contributed by atoms with Crippen LogP contribution in [0.3, 0.4) is 0 Å². The average Bonchev–Trinajstić information content (AvgIpc) is 2.51. The number of aliphatic hydroxyl groups excluding tert-OH is 1. The first-order valence-corrected chi connectivity index (χ1v) is 8.02. The third kappa shape index (κ3) is 5.93. The highest BCUT2D eigenvalue weighted by Gasteiger charge is 2.18. The van der Waals surface area contributed by atoms with Gasteiger partial charge >= 0.3 is 0 Å². The maximum absolute atomic E-state index is 9.96. The third-order valence-corrected chi connectivity index (χ3v) is 4.01. The molecule has 0 aromatic heterocycles. The molecule has 1 aliphatic rings. The minimum absolute atomic E-state index is 0.362. The third-order valence-electron chi connectivity index (χ3n) is 4.01. The van der Waals surface area contributed by atoms with Gasteiger partial charge in [-0.05, 0) is 37.1 Å². The summed E-state index contributed by atoms with van der Waals surface area (Å²) in [5.74, 6) is 0.866. The standard InChI is InChI=1S/C17H27NO4/c1-14-3-4-17(11-15(14)2)22-10-9-21-13-16(19)12-18-5-7-20-8-6-18/h3-4,11,16,19H,5-10,12-13H2,1-2H3/p+1/t16-/m1/s1. The van der Waals surface area contributed by atoms with Crippen molar-refractivity contribution >= 4 is 0 Å². The smallest absolute Gasteiger partial charge is 0.126 e. The van der Waals surface area contributed by atoms with E-state index in [1.54, 1.807) is 0 Å². The zero-order valence-corrected chi connectivity index (χ0v) is 13.6. The topological polar surface area (TPSA) is 52.4 Å². The lowest BCUT2D eigenvalue weighted by Gasteiger charge is -2.25. The number of nitrogens with one attached hydrogen (secondary N) is 1. The number of hydrogen-bond donors (Lipinski definition) is 2. The molecule has 0 amide bonds. The van der Waals surface area contributed by atoms with Crippen LogP contribution in [0, 0.1) is 13.8 Å². The molecule has 0 aliphatic carbocycles. The maximum atomic E-state index is 9.96. The summed E-state index contributed by atoms with van der Waals surface area (Å²) >= 11 is 0. The van der Waals surface area contributed by atoms with Gasteiger partial charge < -0.3 is 24.2 Å². The van der Waals surface area contributed by atoms with Gasteiger partial charge in [0.25, 0.3) is 0 Å². The number of ether oxygens (including phenoxy) is 3. The van der Waals surface area contributed by atoms with E-state index in [1.165, 1.54) is 16.0 Å². The molecule has 2 N–H and O–H groups in total. The van der Waals surface area contributed by atoms with Crippen LogP contribution in [-0.2, 0) is 9.47 Å². The first kappa shape index (κ1) is 17.2. The van der Waals surface area contributed by atoms with E-state index >= 15 is 0 Å². The molecule has 1 aromatic rings. The Morgan fingerprint density at radius 3 is 2.68 bits per heavy atom. The average molecular weight is 310 g/mol. The van der Waals surface area contributed by atoms with Gasteiger partial charge in [0, 0.05) is 0 Å². The van der Waals surface area contributed by atoms with Gasteiger partial charge in [-0.3, -0.25) is 0 Å². The van der Waals surface area contributed by atoms with Crippen molar-refractivity contribution in [3.05, 3.63) is 29.3 Å². The number of quaternary nitrogens is 1. The van der Waals surface area contributed by atoms with E-state index < -0.39 is 6.10 Å². The Balaban J connectivity index is 1.55. The molecule has 1 saturated heterocycles. The first-order valence-electron chi connectivity index (χ1n) is 8.02. The van der Waals surface area contributed by atoms with Crippen molar-refractivity contribution in [3.8, 4) is 5.75 Å². The van der Waals surface area contributed by atoms with Crippen LogP contribution in [0.15, 0.2) is 18.2 Å². The van der Waals surface area contributed by atoms with E-state index in [0.29, 0.717) is 19.8 Å². The Morgan fingerprint density at radius 2 is 1.95 bits per heavy atom.